The second-order valence-electron chi connectivity index (χ2n) is 3.93. The second kappa shape index (κ2) is 6.62. The molecule has 0 aliphatic carbocycles. The molecule has 0 fully saturated rings. The van der Waals surface area contributed by atoms with Crippen LogP contribution in [0, 0.1) is 0 Å². The summed E-state index contributed by atoms with van der Waals surface area (Å²) in [5.41, 5.74) is 5.26. The van der Waals surface area contributed by atoms with Gasteiger partial charge in [0.05, 0.1) is 0 Å². The largest absolute Gasteiger partial charge is 0.351 e. The molecule has 0 aromatic rings. The summed E-state index contributed by atoms with van der Waals surface area (Å²) in [7, 11) is 7.91. The number of hydrogen-bond donors (Lipinski definition) is 1. The van der Waals surface area contributed by atoms with Gasteiger partial charge in [0, 0.05) is 26.2 Å². The summed E-state index contributed by atoms with van der Waals surface area (Å²) in [6.07, 6.45) is 0. The van der Waals surface area contributed by atoms with Crippen LogP contribution in [0.25, 0.3) is 0 Å². The first-order valence-corrected chi connectivity index (χ1v) is 4.77. The van der Waals surface area contributed by atoms with Crippen molar-refractivity contribution in [1.29, 1.82) is 0 Å². The lowest BCUT2D eigenvalue weighted by Gasteiger charge is -2.23. The van der Waals surface area contributed by atoms with Gasteiger partial charge in [-0.1, -0.05) is 0 Å². The molecule has 84 valence electrons. The van der Waals surface area contributed by atoms with Crippen LogP contribution in [0.5, 0.6) is 0 Å². The van der Waals surface area contributed by atoms with Gasteiger partial charge in [0.1, 0.15) is 0 Å². The Balaban J connectivity index is 3.84. The Morgan fingerprint density at radius 2 is 1.29 bits per heavy atom. The highest BCUT2D eigenvalue weighted by molar-refractivity contribution is 5.71. The molecule has 0 aliphatic heterocycles. The molecule has 0 bridgehead atoms. The van der Waals surface area contributed by atoms with Crippen molar-refractivity contribution in [3.8, 4) is 0 Å². The molecular formula is C9H22N4O. The first kappa shape index (κ1) is 13.2. The Morgan fingerprint density at radius 3 is 1.50 bits per heavy atom. The number of primary amides is 1. The number of carbonyl (C=O) groups is 1. The molecule has 0 radical (unpaired) electrons. The maximum absolute atomic E-state index is 11.0. The minimum atomic E-state index is -0.339. The molecule has 0 aromatic carbocycles. The molecule has 0 aliphatic rings. The zero-order chi connectivity index (χ0) is 11.1. The standard InChI is InChI=1S/C9H22N4O/c1-11(2)5-7-13(9(10)14)8-6-12(3)4/h5-8H2,1-4H3,(H2,10,14). The highest BCUT2D eigenvalue weighted by atomic mass is 16.2. The molecule has 0 heterocycles. The van der Waals surface area contributed by atoms with Crippen LogP contribution < -0.4 is 5.73 Å². The van der Waals surface area contributed by atoms with Crippen LogP contribution in [-0.2, 0) is 0 Å². The third kappa shape index (κ3) is 6.68. The zero-order valence-electron chi connectivity index (χ0n) is 9.66. The van der Waals surface area contributed by atoms with Crippen LogP contribution in [0.15, 0.2) is 0 Å². The van der Waals surface area contributed by atoms with Gasteiger partial charge in [0.25, 0.3) is 0 Å². The van der Waals surface area contributed by atoms with E-state index in [9.17, 15) is 4.79 Å². The van der Waals surface area contributed by atoms with Gasteiger partial charge in [-0.15, -0.1) is 0 Å². The third-order valence-corrected chi connectivity index (χ3v) is 1.95. The summed E-state index contributed by atoms with van der Waals surface area (Å²) in [4.78, 5) is 16.8. The highest BCUT2D eigenvalue weighted by Gasteiger charge is 2.09. The Morgan fingerprint density at radius 1 is 0.929 bits per heavy atom. The van der Waals surface area contributed by atoms with Gasteiger partial charge in [-0.2, -0.15) is 0 Å². The molecule has 0 saturated carbocycles. The summed E-state index contributed by atoms with van der Waals surface area (Å²) >= 11 is 0. The number of urea groups is 1. The fourth-order valence-corrected chi connectivity index (χ4v) is 0.974. The number of hydrogen-bond acceptors (Lipinski definition) is 3. The Bertz CT molecular complexity index is 158. The van der Waals surface area contributed by atoms with E-state index in [4.69, 9.17) is 5.73 Å². The van der Waals surface area contributed by atoms with Crippen molar-refractivity contribution in [3.63, 3.8) is 0 Å². The summed E-state index contributed by atoms with van der Waals surface area (Å²) in [6.45, 7) is 3.07. The molecule has 0 rings (SSSR count). The number of nitrogens with two attached hydrogens (primary N) is 1. The van der Waals surface area contributed by atoms with E-state index in [-0.39, 0.29) is 6.03 Å². The van der Waals surface area contributed by atoms with E-state index in [1.807, 2.05) is 38.0 Å². The van der Waals surface area contributed by atoms with Gasteiger partial charge in [-0.25, -0.2) is 4.79 Å². The molecule has 2 amide bonds. The average Bonchev–Trinajstić information content (AvgIpc) is 2.02. The predicted molar refractivity (Wildman–Crippen MR) is 58.3 cm³/mol. The summed E-state index contributed by atoms with van der Waals surface area (Å²) < 4.78 is 0. The molecule has 0 spiro atoms. The SMILES string of the molecule is CN(C)CCN(CCN(C)C)C(N)=O. The first-order chi connectivity index (χ1) is 6.43. The third-order valence-electron chi connectivity index (χ3n) is 1.95. The summed E-state index contributed by atoms with van der Waals surface area (Å²) in [6, 6.07) is -0.339. The van der Waals surface area contributed by atoms with Crippen molar-refractivity contribution in [2.75, 3.05) is 54.4 Å². The summed E-state index contributed by atoms with van der Waals surface area (Å²) in [5, 5.41) is 0. The molecule has 5 nitrogen and oxygen atoms in total. The van der Waals surface area contributed by atoms with Crippen LogP contribution in [0.1, 0.15) is 0 Å². The lowest BCUT2D eigenvalue weighted by atomic mass is 10.4. The Kier molecular flexibility index (Phi) is 6.23. The van der Waals surface area contributed by atoms with E-state index in [2.05, 4.69) is 0 Å². The average molecular weight is 202 g/mol. The molecular weight excluding hydrogens is 180 g/mol. The molecule has 5 heteroatoms. The van der Waals surface area contributed by atoms with E-state index in [0.29, 0.717) is 13.1 Å². The smallest absolute Gasteiger partial charge is 0.314 e. The van der Waals surface area contributed by atoms with E-state index >= 15 is 0 Å². The maximum Gasteiger partial charge on any atom is 0.314 e. The van der Waals surface area contributed by atoms with Crippen LogP contribution in [0.3, 0.4) is 0 Å². The van der Waals surface area contributed by atoms with Gasteiger partial charge in [-0.3, -0.25) is 0 Å². The van der Waals surface area contributed by atoms with Crippen LogP contribution >= 0.6 is 0 Å². The van der Waals surface area contributed by atoms with Crippen LogP contribution in [0.2, 0.25) is 0 Å². The van der Waals surface area contributed by atoms with Crippen molar-refractivity contribution in [2.45, 2.75) is 0 Å². The van der Waals surface area contributed by atoms with Gasteiger partial charge in [-0.05, 0) is 28.2 Å². The molecule has 2 N–H and O–H groups in total. The predicted octanol–water partition coefficient (Wildman–Crippen LogP) is -0.510. The number of nitrogens with zero attached hydrogens (tertiary/aromatic N) is 3. The van der Waals surface area contributed by atoms with Crippen molar-refractivity contribution in [1.82, 2.24) is 14.7 Å². The number of likely N-dealkylation sites (N-methyl/N-ethyl adjacent to an activating group) is 2. The quantitative estimate of drug-likeness (QED) is 0.631. The topological polar surface area (TPSA) is 52.8 Å². The molecule has 14 heavy (non-hydrogen) atoms. The van der Waals surface area contributed by atoms with Crippen LogP contribution in [0.4, 0.5) is 4.79 Å². The molecule has 0 saturated heterocycles. The zero-order valence-corrected chi connectivity index (χ0v) is 9.66. The second-order valence-corrected chi connectivity index (χ2v) is 3.93. The normalized spacial score (nSPS) is 11.0. The van der Waals surface area contributed by atoms with E-state index < -0.39 is 0 Å². The van der Waals surface area contributed by atoms with Gasteiger partial charge in [0.15, 0.2) is 0 Å². The Labute approximate surface area is 86.4 Å². The number of amides is 2. The van der Waals surface area contributed by atoms with Gasteiger partial charge in [0.2, 0.25) is 0 Å². The lowest BCUT2D eigenvalue weighted by molar-refractivity contribution is 0.194. The fraction of sp³-hybridized carbons (Fsp3) is 0.889. The fourth-order valence-electron chi connectivity index (χ4n) is 0.974. The van der Waals surface area contributed by atoms with Gasteiger partial charge < -0.3 is 20.4 Å². The lowest BCUT2D eigenvalue weighted by Crippen LogP contribution is -2.43. The highest BCUT2D eigenvalue weighted by Crippen LogP contribution is 1.89. The minimum absolute atomic E-state index is 0.339. The van der Waals surface area contributed by atoms with Gasteiger partial charge >= 0.3 is 6.03 Å². The maximum atomic E-state index is 11.0. The monoisotopic (exact) mass is 202 g/mol. The van der Waals surface area contributed by atoms with Crippen molar-refractivity contribution in [3.05, 3.63) is 0 Å². The Hall–Kier alpha value is -0.810. The van der Waals surface area contributed by atoms with E-state index in [0.717, 1.165) is 13.1 Å². The van der Waals surface area contributed by atoms with Crippen molar-refractivity contribution >= 4 is 6.03 Å². The number of rotatable bonds is 6. The van der Waals surface area contributed by atoms with E-state index in [1.54, 1.807) is 4.90 Å². The van der Waals surface area contributed by atoms with Crippen molar-refractivity contribution < 1.29 is 4.79 Å². The van der Waals surface area contributed by atoms with Crippen molar-refractivity contribution in [2.24, 2.45) is 5.73 Å². The first-order valence-electron chi connectivity index (χ1n) is 4.77. The van der Waals surface area contributed by atoms with Crippen LogP contribution in [-0.4, -0.2) is 75.1 Å². The molecule has 0 atom stereocenters. The van der Waals surface area contributed by atoms with E-state index in [1.165, 1.54) is 0 Å². The molecule has 0 unspecified atom stereocenters. The minimum Gasteiger partial charge on any atom is -0.351 e. The summed E-state index contributed by atoms with van der Waals surface area (Å²) in [5.74, 6) is 0. The number of carbonyl (C=O) groups excluding carboxylic acids is 1. The molecule has 0 aromatic heterocycles.